The number of carbonyl (C=O) groups excluding carboxylic acids is 2. The summed E-state index contributed by atoms with van der Waals surface area (Å²) in [4.78, 5) is 27.8. The number of benzene rings is 2. The first-order chi connectivity index (χ1) is 14.6. The Kier molecular flexibility index (Phi) is 6.70. The van der Waals surface area contributed by atoms with Crippen molar-refractivity contribution in [2.24, 2.45) is 0 Å². The third-order valence-electron chi connectivity index (χ3n) is 6.16. The summed E-state index contributed by atoms with van der Waals surface area (Å²) >= 11 is 5.96. The van der Waals surface area contributed by atoms with Crippen LogP contribution in [0.25, 0.3) is 0 Å². The number of nitrogens with one attached hydrogen (secondary N) is 2. The predicted molar refractivity (Wildman–Crippen MR) is 117 cm³/mol. The van der Waals surface area contributed by atoms with E-state index < -0.39 is 0 Å². The molecule has 2 aromatic rings. The van der Waals surface area contributed by atoms with Gasteiger partial charge >= 0.3 is 0 Å². The fourth-order valence-electron chi connectivity index (χ4n) is 4.36. The lowest BCUT2D eigenvalue weighted by Crippen LogP contribution is -3.12. The van der Waals surface area contributed by atoms with Crippen LogP contribution in [0.1, 0.15) is 47.2 Å². The standard InChI is InChI=1S/C24H28ClN3O2/c25-21-9-5-18(6-10-21)16-27-14-11-22(12-15-27)26-24(30)20-7-3-19(4-8-20)17-28-13-1-2-23(28)29/h3-10,22H,1-2,11-17H2,(H,26,30)/p+1. The van der Waals surface area contributed by atoms with Crippen LogP contribution in [0.2, 0.25) is 5.02 Å². The topological polar surface area (TPSA) is 53.9 Å². The predicted octanol–water partition coefficient (Wildman–Crippen LogP) is 2.44. The SMILES string of the molecule is O=C(NC1CC[NH+](Cc2ccc(Cl)cc2)CC1)c1ccc(CN2CCCC2=O)cc1. The van der Waals surface area contributed by atoms with Crippen LogP contribution in [0.3, 0.4) is 0 Å². The van der Waals surface area contributed by atoms with Gasteiger partial charge in [0.2, 0.25) is 5.91 Å². The highest BCUT2D eigenvalue weighted by molar-refractivity contribution is 6.30. The van der Waals surface area contributed by atoms with E-state index in [-0.39, 0.29) is 17.9 Å². The van der Waals surface area contributed by atoms with Crippen LogP contribution < -0.4 is 10.2 Å². The number of likely N-dealkylation sites (tertiary alicyclic amines) is 2. The number of carbonyl (C=O) groups is 2. The van der Waals surface area contributed by atoms with Crippen LogP contribution in [-0.4, -0.2) is 42.4 Å². The van der Waals surface area contributed by atoms with Crippen LogP contribution in [0.15, 0.2) is 48.5 Å². The number of nitrogens with zero attached hydrogens (tertiary/aromatic N) is 1. The fourth-order valence-corrected chi connectivity index (χ4v) is 4.49. The maximum atomic E-state index is 12.6. The smallest absolute Gasteiger partial charge is 0.251 e. The number of quaternary nitrogens is 1. The average Bonchev–Trinajstić information content (AvgIpc) is 3.16. The highest BCUT2D eigenvalue weighted by Gasteiger charge is 2.24. The van der Waals surface area contributed by atoms with E-state index in [0.717, 1.165) is 56.0 Å². The Morgan fingerprint density at radius 3 is 2.33 bits per heavy atom. The van der Waals surface area contributed by atoms with E-state index in [4.69, 9.17) is 11.6 Å². The monoisotopic (exact) mass is 426 g/mol. The molecule has 0 bridgehead atoms. The van der Waals surface area contributed by atoms with E-state index in [0.29, 0.717) is 18.5 Å². The summed E-state index contributed by atoms with van der Waals surface area (Å²) in [7, 11) is 0. The van der Waals surface area contributed by atoms with Crippen LogP contribution in [0, 0.1) is 0 Å². The summed E-state index contributed by atoms with van der Waals surface area (Å²) in [6.07, 6.45) is 3.58. The molecule has 2 amide bonds. The van der Waals surface area contributed by atoms with Gasteiger partial charge in [-0.05, 0) is 36.2 Å². The lowest BCUT2D eigenvalue weighted by molar-refractivity contribution is -0.918. The zero-order valence-electron chi connectivity index (χ0n) is 17.2. The number of hydrogen-bond acceptors (Lipinski definition) is 2. The van der Waals surface area contributed by atoms with Gasteiger partial charge in [0.25, 0.3) is 5.91 Å². The quantitative estimate of drug-likeness (QED) is 0.745. The molecule has 2 fully saturated rings. The summed E-state index contributed by atoms with van der Waals surface area (Å²) in [6, 6.07) is 15.9. The van der Waals surface area contributed by atoms with Crippen molar-refractivity contribution in [1.29, 1.82) is 0 Å². The molecule has 2 heterocycles. The first-order valence-corrected chi connectivity index (χ1v) is 11.2. The lowest BCUT2D eigenvalue weighted by atomic mass is 10.0. The Bertz CT molecular complexity index is 874. The van der Waals surface area contributed by atoms with Gasteiger partial charge in [-0.25, -0.2) is 0 Å². The largest absolute Gasteiger partial charge is 0.349 e. The van der Waals surface area contributed by atoms with Crippen LogP contribution in [0.5, 0.6) is 0 Å². The molecule has 30 heavy (non-hydrogen) atoms. The summed E-state index contributed by atoms with van der Waals surface area (Å²) in [5, 5.41) is 3.96. The van der Waals surface area contributed by atoms with Gasteiger partial charge in [-0.3, -0.25) is 9.59 Å². The number of amides is 2. The summed E-state index contributed by atoms with van der Waals surface area (Å²) in [5.74, 6) is 0.214. The van der Waals surface area contributed by atoms with E-state index in [9.17, 15) is 9.59 Å². The minimum atomic E-state index is -0.00931. The van der Waals surface area contributed by atoms with Gasteiger partial charge in [0.05, 0.1) is 13.1 Å². The highest BCUT2D eigenvalue weighted by atomic mass is 35.5. The van der Waals surface area contributed by atoms with Crippen LogP contribution >= 0.6 is 11.6 Å². The summed E-state index contributed by atoms with van der Waals surface area (Å²) in [5.41, 5.74) is 3.05. The zero-order chi connectivity index (χ0) is 20.9. The van der Waals surface area contributed by atoms with Crippen molar-refractivity contribution in [2.45, 2.75) is 44.8 Å². The molecular weight excluding hydrogens is 398 g/mol. The van der Waals surface area contributed by atoms with E-state index in [1.54, 1.807) is 4.90 Å². The molecule has 5 nitrogen and oxygen atoms in total. The van der Waals surface area contributed by atoms with Crippen LogP contribution in [-0.2, 0) is 17.9 Å². The van der Waals surface area contributed by atoms with Crippen molar-refractivity contribution in [3.05, 3.63) is 70.2 Å². The Labute approximate surface area is 183 Å². The summed E-state index contributed by atoms with van der Waals surface area (Å²) < 4.78 is 0. The molecule has 0 radical (unpaired) electrons. The molecule has 158 valence electrons. The van der Waals surface area contributed by atoms with Crippen molar-refractivity contribution in [3.8, 4) is 0 Å². The molecule has 0 saturated carbocycles. The number of hydrogen-bond donors (Lipinski definition) is 2. The van der Waals surface area contributed by atoms with E-state index >= 15 is 0 Å². The minimum Gasteiger partial charge on any atom is -0.349 e. The average molecular weight is 427 g/mol. The number of piperidine rings is 1. The normalized spacial score (nSPS) is 21.6. The molecule has 0 spiro atoms. The molecule has 6 heteroatoms. The molecule has 0 unspecified atom stereocenters. The maximum absolute atomic E-state index is 12.6. The molecule has 2 aromatic carbocycles. The molecule has 2 N–H and O–H groups in total. The van der Waals surface area contributed by atoms with Crippen molar-refractivity contribution in [1.82, 2.24) is 10.2 Å². The van der Waals surface area contributed by atoms with Crippen molar-refractivity contribution < 1.29 is 14.5 Å². The van der Waals surface area contributed by atoms with Gasteiger partial charge in [0, 0.05) is 54.5 Å². The van der Waals surface area contributed by atoms with Gasteiger partial charge in [0.15, 0.2) is 0 Å². The molecule has 0 aromatic heterocycles. The van der Waals surface area contributed by atoms with E-state index in [1.807, 2.05) is 41.3 Å². The Morgan fingerprint density at radius 2 is 1.70 bits per heavy atom. The number of halogens is 1. The molecule has 0 atom stereocenters. The van der Waals surface area contributed by atoms with Gasteiger partial charge in [-0.1, -0.05) is 35.9 Å². The van der Waals surface area contributed by atoms with Crippen molar-refractivity contribution in [3.63, 3.8) is 0 Å². The first kappa shape index (κ1) is 20.9. The van der Waals surface area contributed by atoms with Crippen molar-refractivity contribution in [2.75, 3.05) is 19.6 Å². The van der Waals surface area contributed by atoms with Crippen molar-refractivity contribution >= 4 is 23.4 Å². The third kappa shape index (κ3) is 5.41. The Morgan fingerprint density at radius 1 is 1.03 bits per heavy atom. The first-order valence-electron chi connectivity index (χ1n) is 10.8. The summed E-state index contributed by atoms with van der Waals surface area (Å²) in [6.45, 7) is 4.57. The second kappa shape index (κ2) is 9.63. The van der Waals surface area contributed by atoms with E-state index in [2.05, 4.69) is 17.4 Å². The maximum Gasteiger partial charge on any atom is 0.251 e. The second-order valence-corrected chi connectivity index (χ2v) is 8.85. The molecule has 2 saturated heterocycles. The molecule has 4 rings (SSSR count). The van der Waals surface area contributed by atoms with Gasteiger partial charge in [-0.15, -0.1) is 0 Å². The molecule has 2 aliphatic rings. The Balaban J connectivity index is 1.23. The second-order valence-electron chi connectivity index (χ2n) is 8.42. The van der Waals surface area contributed by atoms with Gasteiger partial charge < -0.3 is 15.1 Å². The minimum absolute atomic E-state index is 0.00931. The number of rotatable bonds is 6. The Hall–Kier alpha value is -2.37. The molecular formula is C24H29ClN3O2+. The third-order valence-corrected chi connectivity index (χ3v) is 6.41. The van der Waals surface area contributed by atoms with E-state index in [1.165, 1.54) is 5.56 Å². The lowest BCUT2D eigenvalue weighted by Gasteiger charge is -2.30. The molecule has 2 aliphatic heterocycles. The highest BCUT2D eigenvalue weighted by Crippen LogP contribution is 2.15. The van der Waals surface area contributed by atoms with Gasteiger partial charge in [0.1, 0.15) is 6.54 Å². The molecule has 0 aliphatic carbocycles. The van der Waals surface area contributed by atoms with Gasteiger partial charge in [-0.2, -0.15) is 0 Å². The fraction of sp³-hybridized carbons (Fsp3) is 0.417. The van der Waals surface area contributed by atoms with Crippen LogP contribution in [0.4, 0.5) is 0 Å². The zero-order valence-corrected chi connectivity index (χ0v) is 18.0.